The lowest BCUT2D eigenvalue weighted by Crippen LogP contribution is -2.42. The highest BCUT2D eigenvalue weighted by atomic mass is 35.5. The first-order valence-electron chi connectivity index (χ1n) is 6.72. The maximum Gasteiger partial charge on any atom is 0.239 e. The van der Waals surface area contributed by atoms with E-state index in [-0.39, 0.29) is 25.1 Å². The Hall–Kier alpha value is -1.01. The molecule has 0 aromatic heterocycles. The number of aliphatic hydroxyl groups is 1. The van der Waals surface area contributed by atoms with Crippen LogP contribution in [0.2, 0.25) is 10.0 Å². The van der Waals surface area contributed by atoms with Gasteiger partial charge in [-0.05, 0) is 18.6 Å². The average molecular weight is 333 g/mol. The Labute approximate surface area is 133 Å². The molecule has 1 heterocycles. The minimum atomic E-state index is -0.754. The first-order valence-corrected chi connectivity index (χ1v) is 7.48. The van der Waals surface area contributed by atoms with Crippen LogP contribution in [0.15, 0.2) is 18.2 Å². The lowest BCUT2D eigenvalue weighted by Gasteiger charge is -2.17. The summed E-state index contributed by atoms with van der Waals surface area (Å²) in [7, 11) is 1.77. The molecule has 0 saturated carbocycles. The van der Waals surface area contributed by atoms with E-state index in [9.17, 15) is 9.90 Å². The van der Waals surface area contributed by atoms with Crippen molar-refractivity contribution < 1.29 is 14.6 Å². The number of nitrogens with one attached hydrogen (secondary N) is 1. The number of ether oxygens (including phenoxy) is 1. The van der Waals surface area contributed by atoms with Crippen LogP contribution in [0.5, 0.6) is 5.75 Å². The maximum absolute atomic E-state index is 11.7. The van der Waals surface area contributed by atoms with E-state index in [1.165, 1.54) is 0 Å². The molecule has 0 radical (unpaired) electrons. The van der Waals surface area contributed by atoms with Crippen LogP contribution in [0.25, 0.3) is 0 Å². The number of rotatable bonds is 6. The molecule has 7 heteroatoms. The molecule has 0 spiro atoms. The molecule has 116 valence electrons. The summed E-state index contributed by atoms with van der Waals surface area (Å²) >= 11 is 11.9. The van der Waals surface area contributed by atoms with Gasteiger partial charge in [-0.3, -0.25) is 4.79 Å². The van der Waals surface area contributed by atoms with E-state index < -0.39 is 6.10 Å². The zero-order valence-electron chi connectivity index (χ0n) is 11.7. The molecule has 1 aromatic rings. The molecule has 5 nitrogen and oxygen atoms in total. The van der Waals surface area contributed by atoms with Gasteiger partial charge >= 0.3 is 0 Å². The quantitative estimate of drug-likeness (QED) is 0.829. The molecule has 2 unspecified atom stereocenters. The van der Waals surface area contributed by atoms with Crippen molar-refractivity contribution in [2.45, 2.75) is 18.6 Å². The third-order valence-electron chi connectivity index (χ3n) is 3.37. The Morgan fingerprint density at radius 1 is 1.48 bits per heavy atom. The summed E-state index contributed by atoms with van der Waals surface area (Å²) in [5.41, 5.74) is 0. The molecule has 0 aliphatic carbocycles. The highest BCUT2D eigenvalue weighted by Gasteiger charge is 2.28. The maximum atomic E-state index is 11.7. The zero-order chi connectivity index (χ0) is 15.4. The van der Waals surface area contributed by atoms with Crippen molar-refractivity contribution in [2.24, 2.45) is 0 Å². The van der Waals surface area contributed by atoms with Crippen molar-refractivity contribution in [3.63, 3.8) is 0 Å². The molecule has 2 rings (SSSR count). The normalized spacial score (nSPS) is 19.9. The third-order valence-corrected chi connectivity index (χ3v) is 3.96. The second-order valence-electron chi connectivity index (χ2n) is 5.02. The molecule has 2 N–H and O–H groups in total. The van der Waals surface area contributed by atoms with E-state index >= 15 is 0 Å². The number of carbonyl (C=O) groups is 1. The minimum absolute atomic E-state index is 0.0488. The van der Waals surface area contributed by atoms with Crippen molar-refractivity contribution >= 4 is 29.1 Å². The van der Waals surface area contributed by atoms with Crippen LogP contribution in [-0.4, -0.2) is 54.8 Å². The summed E-state index contributed by atoms with van der Waals surface area (Å²) in [4.78, 5) is 13.4. The number of likely N-dealkylation sites (N-methyl/N-ethyl adjacent to an activating group) is 1. The van der Waals surface area contributed by atoms with E-state index in [2.05, 4.69) is 5.32 Å². The summed E-state index contributed by atoms with van der Waals surface area (Å²) in [6.45, 7) is 1.05. The Balaban J connectivity index is 1.78. The van der Waals surface area contributed by atoms with Crippen molar-refractivity contribution in [3.8, 4) is 5.75 Å². The lowest BCUT2D eigenvalue weighted by molar-refractivity contribution is -0.128. The standard InChI is InChI=1S/C14H18Cl2N2O3/c1-18-6-5-12(14(18)20)17-7-9(19)8-21-13-10(15)3-2-4-11(13)16/h2-4,9,12,17,19H,5-8H2,1H3. The zero-order valence-corrected chi connectivity index (χ0v) is 13.2. The Morgan fingerprint density at radius 2 is 2.14 bits per heavy atom. The van der Waals surface area contributed by atoms with Gasteiger partial charge in [0.05, 0.1) is 16.1 Å². The summed E-state index contributed by atoms with van der Waals surface area (Å²) < 4.78 is 5.44. The summed E-state index contributed by atoms with van der Waals surface area (Å²) in [5, 5.41) is 13.7. The molecule has 1 aliphatic rings. The minimum Gasteiger partial charge on any atom is -0.488 e. The van der Waals surface area contributed by atoms with E-state index in [4.69, 9.17) is 27.9 Å². The van der Waals surface area contributed by atoms with E-state index in [0.717, 1.165) is 13.0 Å². The first kappa shape index (κ1) is 16.4. The molecule has 21 heavy (non-hydrogen) atoms. The SMILES string of the molecule is CN1CCC(NCC(O)COc2c(Cl)cccc2Cl)C1=O. The molecule has 1 amide bonds. The topological polar surface area (TPSA) is 61.8 Å². The number of hydrogen-bond acceptors (Lipinski definition) is 4. The second kappa shape index (κ2) is 7.31. The number of carbonyl (C=O) groups excluding carboxylic acids is 1. The molecule has 2 atom stereocenters. The summed E-state index contributed by atoms with van der Waals surface area (Å²) in [6.07, 6.45) is -0.00440. The van der Waals surface area contributed by atoms with Gasteiger partial charge in [0.1, 0.15) is 12.7 Å². The predicted molar refractivity (Wildman–Crippen MR) is 82.0 cm³/mol. The van der Waals surface area contributed by atoms with Crippen LogP contribution >= 0.6 is 23.2 Å². The lowest BCUT2D eigenvalue weighted by atomic mass is 10.2. The number of amides is 1. The number of aliphatic hydroxyl groups excluding tert-OH is 1. The van der Waals surface area contributed by atoms with Gasteiger partial charge in [-0.2, -0.15) is 0 Å². The van der Waals surface area contributed by atoms with E-state index in [1.807, 2.05) is 0 Å². The van der Waals surface area contributed by atoms with E-state index in [1.54, 1.807) is 30.1 Å². The molecule has 1 aliphatic heterocycles. The summed E-state index contributed by atoms with van der Waals surface area (Å²) in [6, 6.07) is 4.83. The van der Waals surface area contributed by atoms with Gasteiger partial charge in [-0.15, -0.1) is 0 Å². The first-order chi connectivity index (χ1) is 9.99. The molecule has 1 aromatic carbocycles. The van der Waals surface area contributed by atoms with Crippen molar-refractivity contribution in [3.05, 3.63) is 28.2 Å². The van der Waals surface area contributed by atoms with Crippen LogP contribution in [0, 0.1) is 0 Å². The highest BCUT2D eigenvalue weighted by molar-refractivity contribution is 6.37. The smallest absolute Gasteiger partial charge is 0.239 e. The van der Waals surface area contributed by atoms with Crippen LogP contribution in [0.1, 0.15) is 6.42 Å². The van der Waals surface area contributed by atoms with Gasteiger partial charge in [0.25, 0.3) is 0 Å². The Kier molecular flexibility index (Phi) is 5.70. The fraction of sp³-hybridized carbons (Fsp3) is 0.500. The molecular formula is C14H18Cl2N2O3. The third kappa shape index (κ3) is 4.23. The Morgan fingerprint density at radius 3 is 2.71 bits per heavy atom. The van der Waals surface area contributed by atoms with Gasteiger partial charge in [0.2, 0.25) is 5.91 Å². The molecule has 0 bridgehead atoms. The van der Waals surface area contributed by atoms with Gasteiger partial charge in [0.15, 0.2) is 5.75 Å². The largest absolute Gasteiger partial charge is 0.488 e. The van der Waals surface area contributed by atoms with Crippen molar-refractivity contribution in [1.82, 2.24) is 10.2 Å². The molecular weight excluding hydrogens is 315 g/mol. The molecule has 1 saturated heterocycles. The second-order valence-corrected chi connectivity index (χ2v) is 5.84. The fourth-order valence-corrected chi connectivity index (χ4v) is 2.66. The Bertz CT molecular complexity index is 493. The van der Waals surface area contributed by atoms with Gasteiger partial charge in [0, 0.05) is 20.1 Å². The molecule has 1 fully saturated rings. The number of likely N-dealkylation sites (tertiary alicyclic amines) is 1. The van der Waals surface area contributed by atoms with Crippen LogP contribution in [0.3, 0.4) is 0 Å². The predicted octanol–water partition coefficient (Wildman–Crippen LogP) is 1.55. The van der Waals surface area contributed by atoms with Crippen LogP contribution < -0.4 is 10.1 Å². The van der Waals surface area contributed by atoms with Gasteiger partial charge in [-0.25, -0.2) is 0 Å². The van der Waals surface area contributed by atoms with Crippen LogP contribution in [-0.2, 0) is 4.79 Å². The van der Waals surface area contributed by atoms with Gasteiger partial charge < -0.3 is 20.1 Å². The van der Waals surface area contributed by atoms with Gasteiger partial charge in [-0.1, -0.05) is 29.3 Å². The highest BCUT2D eigenvalue weighted by Crippen LogP contribution is 2.32. The monoisotopic (exact) mass is 332 g/mol. The fourth-order valence-electron chi connectivity index (χ4n) is 2.15. The van der Waals surface area contributed by atoms with Crippen molar-refractivity contribution in [2.75, 3.05) is 26.7 Å². The number of benzene rings is 1. The van der Waals surface area contributed by atoms with Crippen LogP contribution in [0.4, 0.5) is 0 Å². The number of nitrogens with zero attached hydrogens (tertiary/aromatic N) is 1. The number of para-hydroxylation sites is 1. The number of halogens is 2. The van der Waals surface area contributed by atoms with Crippen molar-refractivity contribution in [1.29, 1.82) is 0 Å². The number of hydrogen-bond donors (Lipinski definition) is 2. The van der Waals surface area contributed by atoms with E-state index in [0.29, 0.717) is 15.8 Å². The average Bonchev–Trinajstić information content (AvgIpc) is 2.76. The summed E-state index contributed by atoms with van der Waals surface area (Å²) in [5.74, 6) is 0.411.